The summed E-state index contributed by atoms with van der Waals surface area (Å²) in [5, 5.41) is 0. The standard InChI is InChI=1S/C16H16N2O/c1-11-6-5-9-13(10-11)18-15(14(17)16(18)19)12-7-3-2-4-8-12/h2-10,14-15H,17H2,1H3/t14-,15+/m0/s1. The summed E-state index contributed by atoms with van der Waals surface area (Å²) in [6.45, 7) is 2.02. The van der Waals surface area contributed by atoms with Crippen molar-refractivity contribution in [1.29, 1.82) is 0 Å². The third-order valence-electron chi connectivity index (χ3n) is 3.56. The van der Waals surface area contributed by atoms with Gasteiger partial charge in [-0.2, -0.15) is 0 Å². The lowest BCUT2D eigenvalue weighted by atomic mass is 9.88. The van der Waals surface area contributed by atoms with Gasteiger partial charge in [-0.05, 0) is 30.2 Å². The van der Waals surface area contributed by atoms with E-state index in [9.17, 15) is 4.79 Å². The quantitative estimate of drug-likeness (QED) is 0.834. The molecular formula is C16H16N2O. The highest BCUT2D eigenvalue weighted by atomic mass is 16.2. The SMILES string of the molecule is Cc1cccc(N2C(=O)[C@@H](N)[C@H]2c2ccccc2)c1. The molecule has 0 radical (unpaired) electrons. The number of carbonyl (C=O) groups is 1. The number of nitrogens with two attached hydrogens (primary N) is 1. The molecule has 0 saturated carbocycles. The zero-order chi connectivity index (χ0) is 13.4. The van der Waals surface area contributed by atoms with E-state index in [-0.39, 0.29) is 11.9 Å². The van der Waals surface area contributed by atoms with Crippen molar-refractivity contribution in [2.75, 3.05) is 4.90 Å². The van der Waals surface area contributed by atoms with Gasteiger partial charge in [0.1, 0.15) is 6.04 Å². The van der Waals surface area contributed by atoms with Crippen LogP contribution in [0.15, 0.2) is 54.6 Å². The monoisotopic (exact) mass is 252 g/mol. The molecule has 1 saturated heterocycles. The number of benzene rings is 2. The Morgan fingerprint density at radius 2 is 1.79 bits per heavy atom. The maximum absolute atomic E-state index is 12.1. The van der Waals surface area contributed by atoms with Crippen LogP contribution < -0.4 is 10.6 Å². The van der Waals surface area contributed by atoms with E-state index in [1.54, 1.807) is 4.90 Å². The number of amides is 1. The summed E-state index contributed by atoms with van der Waals surface area (Å²) in [4.78, 5) is 13.8. The van der Waals surface area contributed by atoms with Crippen molar-refractivity contribution in [3.8, 4) is 0 Å². The molecule has 1 aliphatic rings. The van der Waals surface area contributed by atoms with Crippen molar-refractivity contribution in [1.82, 2.24) is 0 Å². The van der Waals surface area contributed by atoms with Gasteiger partial charge in [0, 0.05) is 5.69 Å². The summed E-state index contributed by atoms with van der Waals surface area (Å²) in [6, 6.07) is 17.4. The molecule has 1 amide bonds. The van der Waals surface area contributed by atoms with E-state index in [1.807, 2.05) is 61.5 Å². The van der Waals surface area contributed by atoms with Gasteiger partial charge in [0.05, 0.1) is 6.04 Å². The molecule has 3 nitrogen and oxygen atoms in total. The molecule has 2 aromatic carbocycles. The molecule has 2 N–H and O–H groups in total. The van der Waals surface area contributed by atoms with Gasteiger partial charge in [-0.25, -0.2) is 0 Å². The lowest BCUT2D eigenvalue weighted by Crippen LogP contribution is -2.63. The van der Waals surface area contributed by atoms with E-state index < -0.39 is 6.04 Å². The molecule has 19 heavy (non-hydrogen) atoms. The summed E-state index contributed by atoms with van der Waals surface area (Å²) >= 11 is 0. The first-order chi connectivity index (χ1) is 9.18. The van der Waals surface area contributed by atoms with Crippen LogP contribution in [0.1, 0.15) is 17.2 Å². The van der Waals surface area contributed by atoms with Crippen LogP contribution in [-0.4, -0.2) is 11.9 Å². The molecular weight excluding hydrogens is 236 g/mol. The summed E-state index contributed by atoms with van der Waals surface area (Å²) in [5.74, 6) is -0.0144. The second-order valence-corrected chi connectivity index (χ2v) is 4.93. The maximum Gasteiger partial charge on any atom is 0.247 e. The first-order valence-corrected chi connectivity index (χ1v) is 6.39. The number of β-lactam (4-membered cyclic amide) rings is 1. The second-order valence-electron chi connectivity index (χ2n) is 4.93. The second kappa shape index (κ2) is 4.52. The van der Waals surface area contributed by atoms with Crippen molar-refractivity contribution in [3.63, 3.8) is 0 Å². The van der Waals surface area contributed by atoms with Gasteiger partial charge in [-0.1, -0.05) is 42.5 Å². The van der Waals surface area contributed by atoms with Gasteiger partial charge in [-0.3, -0.25) is 4.79 Å². The Balaban J connectivity index is 1.98. The molecule has 0 aromatic heterocycles. The average molecular weight is 252 g/mol. The fourth-order valence-corrected chi connectivity index (χ4v) is 2.58. The smallest absolute Gasteiger partial charge is 0.247 e. The van der Waals surface area contributed by atoms with Gasteiger partial charge >= 0.3 is 0 Å². The van der Waals surface area contributed by atoms with Gasteiger partial charge in [0.25, 0.3) is 0 Å². The lowest BCUT2D eigenvalue weighted by Gasteiger charge is -2.45. The Hall–Kier alpha value is -2.13. The summed E-state index contributed by atoms with van der Waals surface area (Å²) in [5.41, 5.74) is 9.11. The Bertz CT molecular complexity index is 609. The third kappa shape index (κ3) is 1.92. The largest absolute Gasteiger partial charge is 0.318 e. The van der Waals surface area contributed by atoms with Crippen LogP contribution in [0.5, 0.6) is 0 Å². The number of nitrogens with zero attached hydrogens (tertiary/aromatic N) is 1. The van der Waals surface area contributed by atoms with Crippen molar-refractivity contribution in [3.05, 3.63) is 65.7 Å². The number of hydrogen-bond acceptors (Lipinski definition) is 2. The van der Waals surface area contributed by atoms with Gasteiger partial charge in [-0.15, -0.1) is 0 Å². The fourth-order valence-electron chi connectivity index (χ4n) is 2.58. The lowest BCUT2D eigenvalue weighted by molar-refractivity contribution is -0.126. The minimum absolute atomic E-state index is 0.0144. The molecule has 1 aliphatic heterocycles. The molecule has 1 heterocycles. The van der Waals surface area contributed by atoms with Crippen molar-refractivity contribution >= 4 is 11.6 Å². The van der Waals surface area contributed by atoms with Crippen molar-refractivity contribution in [2.45, 2.75) is 19.0 Å². The number of carbonyl (C=O) groups excluding carboxylic acids is 1. The predicted molar refractivity (Wildman–Crippen MR) is 75.8 cm³/mol. The predicted octanol–water partition coefficient (Wildman–Crippen LogP) is 2.41. The zero-order valence-corrected chi connectivity index (χ0v) is 10.8. The number of hydrogen-bond donors (Lipinski definition) is 1. The molecule has 3 rings (SSSR count). The van der Waals surface area contributed by atoms with Crippen LogP contribution in [0.2, 0.25) is 0 Å². The highest BCUT2D eigenvalue weighted by molar-refractivity contribution is 6.05. The highest BCUT2D eigenvalue weighted by Gasteiger charge is 2.46. The number of aryl methyl sites for hydroxylation is 1. The van der Waals surface area contributed by atoms with E-state index >= 15 is 0 Å². The Morgan fingerprint density at radius 1 is 1.05 bits per heavy atom. The topological polar surface area (TPSA) is 46.3 Å². The zero-order valence-electron chi connectivity index (χ0n) is 10.8. The first kappa shape index (κ1) is 11.9. The maximum atomic E-state index is 12.1. The minimum Gasteiger partial charge on any atom is -0.318 e. The molecule has 1 fully saturated rings. The summed E-state index contributed by atoms with van der Waals surface area (Å²) in [6.07, 6.45) is 0. The normalized spacial score (nSPS) is 22.2. The molecule has 0 unspecified atom stereocenters. The number of anilines is 1. The van der Waals surface area contributed by atoms with E-state index in [4.69, 9.17) is 5.73 Å². The fraction of sp³-hybridized carbons (Fsp3) is 0.188. The van der Waals surface area contributed by atoms with Gasteiger partial charge < -0.3 is 10.6 Å². The van der Waals surface area contributed by atoms with E-state index in [0.29, 0.717) is 0 Å². The Morgan fingerprint density at radius 3 is 2.47 bits per heavy atom. The first-order valence-electron chi connectivity index (χ1n) is 6.39. The third-order valence-corrected chi connectivity index (χ3v) is 3.56. The van der Waals surface area contributed by atoms with Crippen LogP contribution in [0.25, 0.3) is 0 Å². The van der Waals surface area contributed by atoms with Gasteiger partial charge in [0.2, 0.25) is 5.91 Å². The molecule has 0 bridgehead atoms. The molecule has 2 atom stereocenters. The summed E-state index contributed by atoms with van der Waals surface area (Å²) in [7, 11) is 0. The van der Waals surface area contributed by atoms with Crippen LogP contribution in [0.3, 0.4) is 0 Å². The number of rotatable bonds is 2. The average Bonchev–Trinajstić information content (AvgIpc) is 2.44. The van der Waals surface area contributed by atoms with Crippen LogP contribution in [0, 0.1) is 6.92 Å². The van der Waals surface area contributed by atoms with Gasteiger partial charge in [0.15, 0.2) is 0 Å². The van der Waals surface area contributed by atoms with Crippen molar-refractivity contribution < 1.29 is 4.79 Å². The Kier molecular flexibility index (Phi) is 2.84. The molecule has 2 aromatic rings. The van der Waals surface area contributed by atoms with Crippen LogP contribution in [0.4, 0.5) is 5.69 Å². The van der Waals surface area contributed by atoms with E-state index in [0.717, 1.165) is 16.8 Å². The molecule has 0 spiro atoms. The van der Waals surface area contributed by atoms with E-state index in [1.165, 1.54) is 0 Å². The van der Waals surface area contributed by atoms with E-state index in [2.05, 4.69) is 0 Å². The highest BCUT2D eigenvalue weighted by Crippen LogP contribution is 2.38. The minimum atomic E-state index is -0.442. The van der Waals surface area contributed by atoms with Crippen molar-refractivity contribution in [2.24, 2.45) is 5.73 Å². The van der Waals surface area contributed by atoms with Crippen LogP contribution >= 0.6 is 0 Å². The molecule has 0 aliphatic carbocycles. The van der Waals surface area contributed by atoms with Crippen LogP contribution in [-0.2, 0) is 4.79 Å². The summed E-state index contributed by atoms with van der Waals surface area (Å²) < 4.78 is 0. The molecule has 96 valence electrons. The molecule has 3 heteroatoms. The Labute approximate surface area is 112 Å².